The Balaban J connectivity index is 1.57. The normalized spacial score (nSPS) is 12.0. The van der Waals surface area contributed by atoms with Crippen LogP contribution in [0, 0.1) is 11.6 Å². The van der Waals surface area contributed by atoms with Gasteiger partial charge in [0.1, 0.15) is 17.3 Å². The second kappa shape index (κ2) is 9.25. The molecule has 1 aromatic heterocycles. The maximum atomic E-state index is 13.6. The molecule has 0 spiro atoms. The van der Waals surface area contributed by atoms with Crippen molar-refractivity contribution in [3.8, 4) is 10.4 Å². The van der Waals surface area contributed by atoms with Crippen LogP contribution in [0.25, 0.3) is 16.5 Å². The van der Waals surface area contributed by atoms with Crippen LogP contribution in [0.2, 0.25) is 0 Å². The van der Waals surface area contributed by atoms with Gasteiger partial charge in [-0.3, -0.25) is 4.79 Å². The van der Waals surface area contributed by atoms with Crippen molar-refractivity contribution in [1.29, 1.82) is 0 Å². The van der Waals surface area contributed by atoms with E-state index in [2.05, 4.69) is 5.32 Å². The summed E-state index contributed by atoms with van der Waals surface area (Å²) in [5.74, 6) is -3.40. The fourth-order valence-electron chi connectivity index (χ4n) is 2.46. The van der Waals surface area contributed by atoms with Gasteiger partial charge >= 0.3 is 5.97 Å². The Morgan fingerprint density at radius 2 is 1.69 bits per heavy atom. The van der Waals surface area contributed by atoms with Gasteiger partial charge in [-0.2, -0.15) is 0 Å². The lowest BCUT2D eigenvalue weighted by Crippen LogP contribution is -2.30. The highest BCUT2D eigenvalue weighted by atomic mass is 32.1. The predicted molar refractivity (Wildman–Crippen MR) is 109 cm³/mol. The molecule has 1 N–H and O–H groups in total. The Morgan fingerprint density at radius 3 is 2.38 bits per heavy atom. The topological polar surface area (TPSA) is 55.4 Å². The van der Waals surface area contributed by atoms with Gasteiger partial charge in [0.15, 0.2) is 6.10 Å². The maximum Gasteiger partial charge on any atom is 0.331 e. The lowest BCUT2D eigenvalue weighted by Gasteiger charge is -2.13. The Hall–Kier alpha value is -3.32. The number of thiophene rings is 1. The van der Waals surface area contributed by atoms with Crippen molar-refractivity contribution in [3.05, 3.63) is 83.3 Å². The molecule has 0 saturated heterocycles. The zero-order valence-corrected chi connectivity index (χ0v) is 16.2. The Bertz CT molecular complexity index is 1030. The Kier molecular flexibility index (Phi) is 6.51. The molecule has 0 saturated carbocycles. The van der Waals surface area contributed by atoms with Crippen LogP contribution >= 0.6 is 11.3 Å². The SMILES string of the molecule is C[C@@H](OC(=O)/C=C/c1ccc(-c2ccccc2)s1)C(=O)Nc1c(F)cccc1F. The van der Waals surface area contributed by atoms with E-state index in [0.29, 0.717) is 0 Å². The zero-order chi connectivity index (χ0) is 20.8. The molecule has 0 unspecified atom stereocenters. The van der Waals surface area contributed by atoms with Gasteiger partial charge in [-0.05, 0) is 42.8 Å². The minimum Gasteiger partial charge on any atom is -0.449 e. The molecule has 4 nitrogen and oxygen atoms in total. The molecule has 29 heavy (non-hydrogen) atoms. The summed E-state index contributed by atoms with van der Waals surface area (Å²) in [6.45, 7) is 1.32. The molecule has 148 valence electrons. The Morgan fingerprint density at radius 1 is 1.00 bits per heavy atom. The van der Waals surface area contributed by atoms with Crippen LogP contribution < -0.4 is 5.32 Å². The van der Waals surface area contributed by atoms with Crippen molar-refractivity contribution >= 4 is 35.0 Å². The van der Waals surface area contributed by atoms with Crippen LogP contribution in [0.15, 0.2) is 66.7 Å². The van der Waals surface area contributed by atoms with E-state index in [9.17, 15) is 18.4 Å². The number of hydrogen-bond acceptors (Lipinski definition) is 4. The number of ether oxygens (including phenoxy) is 1. The van der Waals surface area contributed by atoms with E-state index in [1.165, 1.54) is 30.4 Å². The van der Waals surface area contributed by atoms with E-state index >= 15 is 0 Å². The van der Waals surface area contributed by atoms with Crippen LogP contribution in [0.3, 0.4) is 0 Å². The molecule has 0 fully saturated rings. The molecule has 0 aliphatic heterocycles. The van der Waals surface area contributed by atoms with Crippen molar-refractivity contribution < 1.29 is 23.1 Å². The molecule has 3 aromatic rings. The van der Waals surface area contributed by atoms with Crippen LogP contribution in [0.1, 0.15) is 11.8 Å². The van der Waals surface area contributed by atoms with Gasteiger partial charge in [0, 0.05) is 15.8 Å². The molecule has 7 heteroatoms. The van der Waals surface area contributed by atoms with Gasteiger partial charge in [0.05, 0.1) is 0 Å². The number of esters is 1. The van der Waals surface area contributed by atoms with E-state index in [4.69, 9.17) is 4.74 Å². The van der Waals surface area contributed by atoms with Gasteiger partial charge in [-0.25, -0.2) is 13.6 Å². The Labute approximate surface area is 170 Å². The molecule has 0 aliphatic carbocycles. The number of rotatable bonds is 6. The number of carbonyl (C=O) groups excluding carboxylic acids is 2. The van der Waals surface area contributed by atoms with E-state index in [1.807, 2.05) is 42.5 Å². The third-order valence-corrected chi connectivity index (χ3v) is 5.04. The minimum atomic E-state index is -1.23. The molecule has 1 heterocycles. The second-order valence-corrected chi connectivity index (χ2v) is 7.18. The first-order valence-electron chi connectivity index (χ1n) is 8.73. The summed E-state index contributed by atoms with van der Waals surface area (Å²) < 4.78 is 32.2. The highest BCUT2D eigenvalue weighted by Gasteiger charge is 2.20. The van der Waals surface area contributed by atoms with Crippen molar-refractivity contribution in [1.82, 2.24) is 0 Å². The standard InChI is InChI=1S/C22H17F2NO3S/c1-14(22(27)25-21-17(23)8-5-9-18(21)24)28-20(26)13-11-16-10-12-19(29-16)15-6-3-2-4-7-15/h2-14H,1H3,(H,25,27)/b13-11+/t14-/m1/s1. The van der Waals surface area contributed by atoms with Gasteiger partial charge in [0.25, 0.3) is 5.91 Å². The summed E-state index contributed by atoms with van der Waals surface area (Å²) >= 11 is 1.50. The number of benzene rings is 2. The zero-order valence-electron chi connectivity index (χ0n) is 15.4. The van der Waals surface area contributed by atoms with Crippen LogP contribution in [0.5, 0.6) is 0 Å². The molecule has 2 aromatic carbocycles. The second-order valence-electron chi connectivity index (χ2n) is 6.07. The fourth-order valence-corrected chi connectivity index (χ4v) is 3.38. The van der Waals surface area contributed by atoms with E-state index in [-0.39, 0.29) is 0 Å². The van der Waals surface area contributed by atoms with Gasteiger partial charge in [-0.1, -0.05) is 36.4 Å². The number of halogens is 2. The average Bonchev–Trinajstić information content (AvgIpc) is 3.19. The molecule has 1 atom stereocenters. The smallest absolute Gasteiger partial charge is 0.331 e. The number of hydrogen-bond donors (Lipinski definition) is 1. The van der Waals surface area contributed by atoms with Crippen molar-refractivity contribution in [2.24, 2.45) is 0 Å². The summed E-state index contributed by atoms with van der Waals surface area (Å²) in [4.78, 5) is 25.9. The molecule has 0 bridgehead atoms. The summed E-state index contributed by atoms with van der Waals surface area (Å²) in [7, 11) is 0. The summed E-state index contributed by atoms with van der Waals surface area (Å²) in [6, 6.07) is 16.8. The quantitative estimate of drug-likeness (QED) is 0.442. The molecule has 0 aliphatic rings. The van der Waals surface area contributed by atoms with Gasteiger partial charge in [-0.15, -0.1) is 11.3 Å². The molecular weight excluding hydrogens is 396 g/mol. The fraction of sp³-hybridized carbons (Fsp3) is 0.0909. The first-order valence-corrected chi connectivity index (χ1v) is 9.54. The van der Waals surface area contributed by atoms with E-state index in [1.54, 1.807) is 6.08 Å². The van der Waals surface area contributed by atoms with Crippen molar-refractivity contribution in [2.75, 3.05) is 5.32 Å². The summed E-state index contributed by atoms with van der Waals surface area (Å²) in [5.41, 5.74) is 0.494. The molecule has 3 rings (SSSR count). The van der Waals surface area contributed by atoms with E-state index in [0.717, 1.165) is 27.5 Å². The maximum absolute atomic E-state index is 13.6. The monoisotopic (exact) mass is 413 g/mol. The first kappa shape index (κ1) is 20.4. The molecule has 0 radical (unpaired) electrons. The highest BCUT2D eigenvalue weighted by molar-refractivity contribution is 7.16. The van der Waals surface area contributed by atoms with Crippen molar-refractivity contribution in [2.45, 2.75) is 13.0 Å². The lowest BCUT2D eigenvalue weighted by molar-refractivity contribution is -0.148. The number of anilines is 1. The summed E-state index contributed by atoms with van der Waals surface area (Å²) in [5, 5.41) is 2.09. The largest absolute Gasteiger partial charge is 0.449 e. The van der Waals surface area contributed by atoms with Gasteiger partial charge < -0.3 is 10.1 Å². The minimum absolute atomic E-state index is 0.581. The molecular formula is C22H17F2NO3S. The number of para-hydroxylation sites is 1. The molecule has 1 amide bonds. The van der Waals surface area contributed by atoms with Crippen molar-refractivity contribution in [3.63, 3.8) is 0 Å². The van der Waals surface area contributed by atoms with Gasteiger partial charge in [0.2, 0.25) is 0 Å². The predicted octanol–water partition coefficient (Wildman–Crippen LogP) is 5.28. The number of amides is 1. The third-order valence-electron chi connectivity index (χ3n) is 3.94. The highest BCUT2D eigenvalue weighted by Crippen LogP contribution is 2.28. The average molecular weight is 413 g/mol. The van der Waals surface area contributed by atoms with E-state index < -0.39 is 35.3 Å². The van der Waals surface area contributed by atoms with Crippen LogP contribution in [-0.2, 0) is 14.3 Å². The first-order chi connectivity index (χ1) is 13.9. The lowest BCUT2D eigenvalue weighted by atomic mass is 10.2. The number of nitrogens with one attached hydrogen (secondary N) is 1. The van der Waals surface area contributed by atoms with Crippen LogP contribution in [-0.4, -0.2) is 18.0 Å². The third kappa shape index (κ3) is 5.36. The number of carbonyl (C=O) groups is 2. The van der Waals surface area contributed by atoms with Crippen LogP contribution in [0.4, 0.5) is 14.5 Å². The summed E-state index contributed by atoms with van der Waals surface area (Å²) in [6.07, 6.45) is 1.56.